The van der Waals surface area contributed by atoms with Crippen LogP contribution < -0.4 is 10.2 Å². The fraction of sp³-hybridized carbons (Fsp3) is 0.208. The zero-order chi connectivity index (χ0) is 21.8. The molecule has 0 spiro atoms. The Bertz CT molecular complexity index is 1190. The van der Waals surface area contributed by atoms with Crippen LogP contribution in [0.4, 0.5) is 5.69 Å². The number of imidazole rings is 1. The van der Waals surface area contributed by atoms with Crippen LogP contribution >= 0.6 is 11.3 Å². The molecule has 1 unspecified atom stereocenters. The van der Waals surface area contributed by atoms with Gasteiger partial charge in [0.25, 0.3) is 5.91 Å². The van der Waals surface area contributed by atoms with E-state index >= 15 is 0 Å². The van der Waals surface area contributed by atoms with Gasteiger partial charge in [0.1, 0.15) is 12.4 Å². The topological polar surface area (TPSA) is 67.2 Å². The van der Waals surface area contributed by atoms with Gasteiger partial charge in [0.05, 0.1) is 22.0 Å². The molecule has 1 atom stereocenters. The van der Waals surface area contributed by atoms with E-state index in [1.807, 2.05) is 84.5 Å². The molecule has 4 rings (SSSR count). The second-order valence-electron chi connectivity index (χ2n) is 7.19. The predicted molar refractivity (Wildman–Crippen MR) is 124 cm³/mol. The van der Waals surface area contributed by atoms with E-state index in [-0.39, 0.29) is 24.4 Å². The molecule has 2 heterocycles. The molecule has 6 nitrogen and oxygen atoms in total. The Morgan fingerprint density at radius 1 is 1.06 bits per heavy atom. The maximum absolute atomic E-state index is 13.3. The molecular formula is C24H24N4O2S. The SMILES string of the molecule is CCN(C(=O)Cn1c(C(C)NC(=O)c2cccs2)nc2ccccc21)c1ccccc1. The molecule has 31 heavy (non-hydrogen) atoms. The van der Waals surface area contributed by atoms with E-state index in [1.54, 1.807) is 11.0 Å². The number of hydrogen-bond donors (Lipinski definition) is 1. The first-order valence-electron chi connectivity index (χ1n) is 10.2. The number of thiophene rings is 1. The highest BCUT2D eigenvalue weighted by molar-refractivity contribution is 7.12. The van der Waals surface area contributed by atoms with Crippen molar-refractivity contribution in [3.05, 3.63) is 82.8 Å². The minimum absolute atomic E-state index is 0.0325. The third-order valence-electron chi connectivity index (χ3n) is 5.14. The van der Waals surface area contributed by atoms with Crippen molar-refractivity contribution in [3.63, 3.8) is 0 Å². The number of hydrogen-bond acceptors (Lipinski definition) is 4. The van der Waals surface area contributed by atoms with Crippen molar-refractivity contribution >= 4 is 39.9 Å². The number of para-hydroxylation sites is 3. The third kappa shape index (κ3) is 4.36. The summed E-state index contributed by atoms with van der Waals surface area (Å²) < 4.78 is 1.91. The number of benzene rings is 2. The number of rotatable bonds is 7. The number of carbonyl (C=O) groups excluding carboxylic acids is 2. The van der Waals surface area contributed by atoms with E-state index < -0.39 is 0 Å². The smallest absolute Gasteiger partial charge is 0.261 e. The lowest BCUT2D eigenvalue weighted by Crippen LogP contribution is -2.35. The summed E-state index contributed by atoms with van der Waals surface area (Å²) in [5, 5.41) is 4.88. The van der Waals surface area contributed by atoms with Crippen LogP contribution in [0.5, 0.6) is 0 Å². The fourth-order valence-corrected chi connectivity index (χ4v) is 4.29. The number of nitrogens with one attached hydrogen (secondary N) is 1. The van der Waals surface area contributed by atoms with E-state index in [2.05, 4.69) is 5.32 Å². The first-order chi connectivity index (χ1) is 15.1. The van der Waals surface area contributed by atoms with Gasteiger partial charge < -0.3 is 14.8 Å². The molecule has 2 amide bonds. The molecule has 0 fully saturated rings. The molecule has 2 aromatic heterocycles. The van der Waals surface area contributed by atoms with Crippen molar-refractivity contribution in [3.8, 4) is 0 Å². The average Bonchev–Trinajstić information content (AvgIpc) is 3.44. The predicted octanol–water partition coefficient (Wildman–Crippen LogP) is 4.64. The van der Waals surface area contributed by atoms with Crippen molar-refractivity contribution in [2.75, 3.05) is 11.4 Å². The van der Waals surface area contributed by atoms with Gasteiger partial charge >= 0.3 is 0 Å². The summed E-state index contributed by atoms with van der Waals surface area (Å²) in [5.41, 5.74) is 2.53. The number of amides is 2. The molecule has 1 N–H and O–H groups in total. The van der Waals surface area contributed by atoms with E-state index in [0.29, 0.717) is 17.2 Å². The Hall–Kier alpha value is -3.45. The van der Waals surface area contributed by atoms with Crippen molar-refractivity contribution in [2.45, 2.75) is 26.4 Å². The molecule has 158 valence electrons. The summed E-state index contributed by atoms with van der Waals surface area (Å²) in [7, 11) is 0. The zero-order valence-corrected chi connectivity index (χ0v) is 18.3. The molecule has 0 aliphatic heterocycles. The molecule has 0 saturated heterocycles. The van der Waals surface area contributed by atoms with Crippen molar-refractivity contribution in [1.29, 1.82) is 0 Å². The van der Waals surface area contributed by atoms with Crippen molar-refractivity contribution in [2.24, 2.45) is 0 Å². The Labute approximate surface area is 185 Å². The number of carbonyl (C=O) groups is 2. The fourth-order valence-electron chi connectivity index (χ4n) is 3.66. The van der Waals surface area contributed by atoms with Gasteiger partial charge in [-0.05, 0) is 49.6 Å². The molecule has 0 aliphatic rings. The minimum atomic E-state index is -0.360. The number of anilines is 1. The van der Waals surface area contributed by atoms with Crippen LogP contribution in [0.15, 0.2) is 72.1 Å². The minimum Gasteiger partial charge on any atom is -0.342 e. The average molecular weight is 433 g/mol. The highest BCUT2D eigenvalue weighted by Crippen LogP contribution is 2.23. The number of likely N-dealkylation sites (N-methyl/N-ethyl adjacent to an activating group) is 1. The lowest BCUT2D eigenvalue weighted by Gasteiger charge is -2.23. The number of aromatic nitrogens is 2. The van der Waals surface area contributed by atoms with Crippen LogP contribution in [0.2, 0.25) is 0 Å². The van der Waals surface area contributed by atoms with Crippen LogP contribution in [0.25, 0.3) is 11.0 Å². The summed E-state index contributed by atoms with van der Waals surface area (Å²) >= 11 is 1.39. The molecule has 0 radical (unpaired) electrons. The van der Waals surface area contributed by atoms with Gasteiger partial charge in [-0.15, -0.1) is 11.3 Å². The number of fused-ring (bicyclic) bond motifs is 1. The van der Waals surface area contributed by atoms with Crippen LogP contribution in [-0.4, -0.2) is 27.9 Å². The largest absolute Gasteiger partial charge is 0.342 e. The number of nitrogens with zero attached hydrogens (tertiary/aromatic N) is 3. The monoisotopic (exact) mass is 432 g/mol. The van der Waals surface area contributed by atoms with Crippen molar-refractivity contribution < 1.29 is 9.59 Å². The highest BCUT2D eigenvalue weighted by atomic mass is 32.1. The van der Waals surface area contributed by atoms with Gasteiger partial charge in [0.2, 0.25) is 5.91 Å². The summed E-state index contributed by atoms with van der Waals surface area (Å²) in [6.45, 7) is 4.55. The Kier molecular flexibility index (Phi) is 6.13. The van der Waals surface area contributed by atoms with E-state index in [0.717, 1.165) is 16.7 Å². The molecule has 4 aromatic rings. The zero-order valence-electron chi connectivity index (χ0n) is 17.5. The van der Waals surface area contributed by atoms with Crippen LogP contribution in [0, 0.1) is 0 Å². The quantitative estimate of drug-likeness (QED) is 0.463. The summed E-state index contributed by atoms with van der Waals surface area (Å²) in [6.07, 6.45) is 0. The lowest BCUT2D eigenvalue weighted by molar-refractivity contribution is -0.119. The van der Waals surface area contributed by atoms with Gasteiger partial charge in [0.15, 0.2) is 0 Å². The third-order valence-corrected chi connectivity index (χ3v) is 6.01. The van der Waals surface area contributed by atoms with Gasteiger partial charge in [0, 0.05) is 12.2 Å². The van der Waals surface area contributed by atoms with Gasteiger partial charge in [-0.3, -0.25) is 9.59 Å². The molecule has 0 saturated carbocycles. The van der Waals surface area contributed by atoms with Gasteiger partial charge in [-0.1, -0.05) is 36.4 Å². The standard InChI is InChI=1S/C24H24N4O2S/c1-3-27(18-10-5-4-6-11-18)22(29)16-28-20-13-8-7-12-19(20)26-23(28)17(2)25-24(30)21-14-9-15-31-21/h4-15,17H,3,16H2,1-2H3,(H,25,30). The first-order valence-corrected chi connectivity index (χ1v) is 11.1. The van der Waals surface area contributed by atoms with Crippen LogP contribution in [-0.2, 0) is 11.3 Å². The van der Waals surface area contributed by atoms with Gasteiger partial charge in [-0.2, -0.15) is 0 Å². The summed E-state index contributed by atoms with van der Waals surface area (Å²) in [6, 6.07) is 20.6. The highest BCUT2D eigenvalue weighted by Gasteiger charge is 2.23. The molecule has 7 heteroatoms. The summed E-state index contributed by atoms with van der Waals surface area (Å²) in [4.78, 5) is 33.0. The van der Waals surface area contributed by atoms with Crippen molar-refractivity contribution in [1.82, 2.24) is 14.9 Å². The molecule has 0 aliphatic carbocycles. The van der Waals surface area contributed by atoms with E-state index in [9.17, 15) is 9.59 Å². The maximum atomic E-state index is 13.3. The first kappa shape index (κ1) is 20.8. The van der Waals surface area contributed by atoms with E-state index in [1.165, 1.54) is 11.3 Å². The second-order valence-corrected chi connectivity index (χ2v) is 8.14. The maximum Gasteiger partial charge on any atom is 0.261 e. The van der Waals surface area contributed by atoms with Crippen LogP contribution in [0.3, 0.4) is 0 Å². The lowest BCUT2D eigenvalue weighted by atomic mass is 10.2. The molecule has 2 aromatic carbocycles. The Morgan fingerprint density at radius 2 is 1.81 bits per heavy atom. The second kappa shape index (κ2) is 9.14. The molecule has 0 bridgehead atoms. The van der Waals surface area contributed by atoms with Gasteiger partial charge in [-0.25, -0.2) is 4.98 Å². The Morgan fingerprint density at radius 3 is 2.52 bits per heavy atom. The normalized spacial score (nSPS) is 11.9. The molecular weight excluding hydrogens is 408 g/mol. The van der Waals surface area contributed by atoms with Crippen LogP contribution in [0.1, 0.15) is 35.4 Å². The summed E-state index contributed by atoms with van der Waals surface area (Å²) in [5.74, 6) is 0.477. The Balaban J connectivity index is 1.65. The van der Waals surface area contributed by atoms with E-state index in [4.69, 9.17) is 4.98 Å².